The van der Waals surface area contributed by atoms with Crippen molar-refractivity contribution in [2.24, 2.45) is 0 Å². The second kappa shape index (κ2) is 7.04. The minimum atomic E-state index is -0.157. The van der Waals surface area contributed by atoms with Crippen molar-refractivity contribution in [3.63, 3.8) is 0 Å². The van der Waals surface area contributed by atoms with Gasteiger partial charge in [0.15, 0.2) is 5.82 Å². The van der Waals surface area contributed by atoms with E-state index in [1.54, 1.807) is 6.20 Å². The first-order valence-electron chi connectivity index (χ1n) is 7.87. The zero-order valence-corrected chi connectivity index (χ0v) is 13.8. The predicted octanol–water partition coefficient (Wildman–Crippen LogP) is 3.69. The third kappa shape index (κ3) is 3.49. The average Bonchev–Trinajstić information content (AvgIpc) is 2.61. The number of nitrogens with zero attached hydrogens (tertiary/aromatic N) is 2. The lowest BCUT2D eigenvalue weighted by molar-refractivity contribution is 0.0949. The van der Waals surface area contributed by atoms with E-state index in [-0.39, 0.29) is 5.91 Å². The van der Waals surface area contributed by atoms with Gasteiger partial charge in [0.1, 0.15) is 0 Å². The van der Waals surface area contributed by atoms with Crippen LogP contribution in [0.2, 0.25) is 0 Å². The summed E-state index contributed by atoms with van der Waals surface area (Å²) in [6, 6.07) is 17.7. The van der Waals surface area contributed by atoms with Crippen LogP contribution in [-0.2, 0) is 6.54 Å². The molecule has 2 aromatic carbocycles. The molecule has 4 heteroatoms. The van der Waals surface area contributed by atoms with Crippen molar-refractivity contribution in [2.45, 2.75) is 20.4 Å². The molecular weight excluding hydrogens is 298 g/mol. The quantitative estimate of drug-likeness (QED) is 0.798. The number of aryl methyl sites for hydroxylation is 2. The van der Waals surface area contributed by atoms with E-state index < -0.39 is 0 Å². The first-order chi connectivity index (χ1) is 11.6. The third-order valence-corrected chi connectivity index (χ3v) is 3.96. The summed E-state index contributed by atoms with van der Waals surface area (Å²) < 4.78 is 0. The van der Waals surface area contributed by atoms with Crippen LogP contribution < -0.4 is 5.32 Å². The number of hydrogen-bond donors (Lipinski definition) is 1. The SMILES string of the molecule is Cc1ccccc1CNC(=O)c1cnc(-c2ccccc2)nc1C. The minimum absolute atomic E-state index is 0.157. The van der Waals surface area contributed by atoms with E-state index in [1.807, 2.05) is 68.4 Å². The van der Waals surface area contributed by atoms with Crippen molar-refractivity contribution in [3.05, 3.63) is 83.2 Å². The molecule has 0 aliphatic carbocycles. The van der Waals surface area contributed by atoms with Crippen LogP contribution in [-0.4, -0.2) is 15.9 Å². The van der Waals surface area contributed by atoms with E-state index in [9.17, 15) is 4.79 Å². The van der Waals surface area contributed by atoms with Crippen molar-refractivity contribution < 1.29 is 4.79 Å². The van der Waals surface area contributed by atoms with Gasteiger partial charge >= 0.3 is 0 Å². The Morgan fingerprint density at radius 2 is 1.71 bits per heavy atom. The maximum absolute atomic E-state index is 12.4. The maximum atomic E-state index is 12.4. The van der Waals surface area contributed by atoms with Gasteiger partial charge in [-0.3, -0.25) is 4.79 Å². The highest BCUT2D eigenvalue weighted by molar-refractivity contribution is 5.95. The molecule has 1 N–H and O–H groups in total. The van der Waals surface area contributed by atoms with E-state index in [0.29, 0.717) is 23.6 Å². The second-order valence-corrected chi connectivity index (χ2v) is 5.67. The van der Waals surface area contributed by atoms with Gasteiger partial charge in [0.05, 0.1) is 11.3 Å². The van der Waals surface area contributed by atoms with E-state index >= 15 is 0 Å². The molecular formula is C20H19N3O. The molecule has 0 aliphatic rings. The molecule has 0 radical (unpaired) electrons. The van der Waals surface area contributed by atoms with Gasteiger partial charge in [-0.2, -0.15) is 0 Å². The Bertz CT molecular complexity index is 860. The monoisotopic (exact) mass is 317 g/mol. The number of amides is 1. The van der Waals surface area contributed by atoms with Gasteiger partial charge < -0.3 is 5.32 Å². The molecule has 120 valence electrons. The molecule has 0 saturated carbocycles. The molecule has 4 nitrogen and oxygen atoms in total. The molecule has 0 fully saturated rings. The van der Waals surface area contributed by atoms with Crippen LogP contribution in [0.3, 0.4) is 0 Å². The summed E-state index contributed by atoms with van der Waals surface area (Å²) in [6.45, 7) is 4.35. The van der Waals surface area contributed by atoms with Crippen molar-refractivity contribution in [2.75, 3.05) is 0 Å². The molecule has 1 amide bonds. The Morgan fingerprint density at radius 3 is 2.42 bits per heavy atom. The lowest BCUT2D eigenvalue weighted by Crippen LogP contribution is -2.24. The number of aromatic nitrogens is 2. The molecule has 0 atom stereocenters. The molecule has 0 spiro atoms. The van der Waals surface area contributed by atoms with Crippen LogP contribution in [0.1, 0.15) is 27.2 Å². The fourth-order valence-corrected chi connectivity index (χ4v) is 2.50. The zero-order chi connectivity index (χ0) is 16.9. The van der Waals surface area contributed by atoms with Crippen LogP contribution in [0.15, 0.2) is 60.8 Å². The fraction of sp³-hybridized carbons (Fsp3) is 0.150. The Hall–Kier alpha value is -3.01. The molecule has 0 bridgehead atoms. The van der Waals surface area contributed by atoms with Crippen LogP contribution in [0, 0.1) is 13.8 Å². The summed E-state index contributed by atoms with van der Waals surface area (Å²) in [7, 11) is 0. The standard InChI is InChI=1S/C20H19N3O/c1-14-8-6-7-11-17(14)12-22-20(24)18-13-21-19(23-15(18)2)16-9-4-3-5-10-16/h3-11,13H,12H2,1-2H3,(H,22,24). The van der Waals surface area contributed by atoms with E-state index in [4.69, 9.17) is 0 Å². The first-order valence-corrected chi connectivity index (χ1v) is 7.87. The Balaban J connectivity index is 1.75. The van der Waals surface area contributed by atoms with Crippen molar-refractivity contribution in [1.29, 1.82) is 0 Å². The van der Waals surface area contributed by atoms with Gasteiger partial charge in [0, 0.05) is 18.3 Å². The van der Waals surface area contributed by atoms with E-state index in [0.717, 1.165) is 16.7 Å². The molecule has 1 heterocycles. The van der Waals surface area contributed by atoms with Crippen molar-refractivity contribution in [1.82, 2.24) is 15.3 Å². The smallest absolute Gasteiger partial charge is 0.254 e. The van der Waals surface area contributed by atoms with Gasteiger partial charge in [-0.25, -0.2) is 9.97 Å². The summed E-state index contributed by atoms with van der Waals surface area (Å²) in [5.41, 5.74) is 4.37. The lowest BCUT2D eigenvalue weighted by atomic mass is 10.1. The first kappa shape index (κ1) is 15.9. The van der Waals surface area contributed by atoms with Gasteiger partial charge in [-0.15, -0.1) is 0 Å². The third-order valence-electron chi connectivity index (χ3n) is 3.96. The molecule has 0 aliphatic heterocycles. The lowest BCUT2D eigenvalue weighted by Gasteiger charge is -2.10. The molecule has 3 rings (SSSR count). The number of rotatable bonds is 4. The fourth-order valence-electron chi connectivity index (χ4n) is 2.50. The maximum Gasteiger partial charge on any atom is 0.254 e. The van der Waals surface area contributed by atoms with Gasteiger partial charge in [-0.05, 0) is 25.0 Å². The van der Waals surface area contributed by atoms with Crippen LogP contribution in [0.4, 0.5) is 0 Å². The molecule has 0 saturated heterocycles. The molecule has 3 aromatic rings. The normalized spacial score (nSPS) is 10.4. The van der Waals surface area contributed by atoms with E-state index in [2.05, 4.69) is 15.3 Å². The summed E-state index contributed by atoms with van der Waals surface area (Å²) in [6.07, 6.45) is 1.60. The zero-order valence-electron chi connectivity index (χ0n) is 13.8. The number of benzene rings is 2. The van der Waals surface area contributed by atoms with Crippen molar-refractivity contribution in [3.8, 4) is 11.4 Å². The van der Waals surface area contributed by atoms with Crippen LogP contribution in [0.25, 0.3) is 11.4 Å². The number of nitrogens with one attached hydrogen (secondary N) is 1. The number of hydrogen-bond acceptors (Lipinski definition) is 3. The Kier molecular flexibility index (Phi) is 4.66. The minimum Gasteiger partial charge on any atom is -0.348 e. The number of carbonyl (C=O) groups is 1. The van der Waals surface area contributed by atoms with Gasteiger partial charge in [0.2, 0.25) is 0 Å². The highest BCUT2D eigenvalue weighted by Crippen LogP contribution is 2.16. The largest absolute Gasteiger partial charge is 0.348 e. The molecule has 24 heavy (non-hydrogen) atoms. The predicted molar refractivity (Wildman–Crippen MR) is 94.6 cm³/mol. The van der Waals surface area contributed by atoms with Crippen molar-refractivity contribution >= 4 is 5.91 Å². The summed E-state index contributed by atoms with van der Waals surface area (Å²) >= 11 is 0. The summed E-state index contributed by atoms with van der Waals surface area (Å²) in [4.78, 5) is 21.2. The average molecular weight is 317 g/mol. The van der Waals surface area contributed by atoms with Gasteiger partial charge in [0.25, 0.3) is 5.91 Å². The van der Waals surface area contributed by atoms with Gasteiger partial charge in [-0.1, -0.05) is 54.6 Å². The second-order valence-electron chi connectivity index (χ2n) is 5.67. The highest BCUT2D eigenvalue weighted by atomic mass is 16.1. The topological polar surface area (TPSA) is 54.9 Å². The molecule has 1 aromatic heterocycles. The highest BCUT2D eigenvalue weighted by Gasteiger charge is 2.12. The van der Waals surface area contributed by atoms with Crippen LogP contribution >= 0.6 is 0 Å². The summed E-state index contributed by atoms with van der Waals surface area (Å²) in [5, 5.41) is 2.94. The Morgan fingerprint density at radius 1 is 1.00 bits per heavy atom. The van der Waals surface area contributed by atoms with Crippen LogP contribution in [0.5, 0.6) is 0 Å². The Labute approximate surface area is 141 Å². The molecule has 0 unspecified atom stereocenters. The van der Waals surface area contributed by atoms with E-state index in [1.165, 1.54) is 0 Å². The summed E-state index contributed by atoms with van der Waals surface area (Å²) in [5.74, 6) is 0.471. The number of carbonyl (C=O) groups excluding carboxylic acids is 1.